The van der Waals surface area contributed by atoms with Gasteiger partial charge in [0.25, 0.3) is 0 Å². The lowest BCUT2D eigenvalue weighted by Gasteiger charge is -2.14. The van der Waals surface area contributed by atoms with Crippen molar-refractivity contribution >= 4 is 0 Å². The minimum atomic E-state index is -4.43. The first-order valence-corrected chi connectivity index (χ1v) is 4.91. The molecule has 0 spiro atoms. The summed E-state index contributed by atoms with van der Waals surface area (Å²) in [6.07, 6.45) is -8.03. The van der Waals surface area contributed by atoms with Gasteiger partial charge >= 0.3 is 6.18 Å². The Bertz CT molecular complexity index is 400. The standard InChI is InChI=1S/C11H11F5O/c1-6-4-9(13)7(5-8(6)12)10(17)2-3-11(14,15)16/h4-5,10,17H,2-3H2,1H3. The predicted molar refractivity (Wildman–Crippen MR) is 51.3 cm³/mol. The van der Waals surface area contributed by atoms with E-state index in [9.17, 15) is 27.1 Å². The molecule has 0 bridgehead atoms. The van der Waals surface area contributed by atoms with Crippen molar-refractivity contribution in [2.75, 3.05) is 0 Å². The van der Waals surface area contributed by atoms with E-state index in [1.165, 1.54) is 6.92 Å². The van der Waals surface area contributed by atoms with Crippen molar-refractivity contribution in [2.45, 2.75) is 32.0 Å². The van der Waals surface area contributed by atoms with Crippen molar-refractivity contribution in [3.05, 3.63) is 34.9 Å². The molecule has 1 aromatic rings. The van der Waals surface area contributed by atoms with Crippen molar-refractivity contribution in [3.63, 3.8) is 0 Å². The SMILES string of the molecule is Cc1cc(F)c(C(O)CCC(F)(F)F)cc1F. The summed E-state index contributed by atoms with van der Waals surface area (Å²) in [6.45, 7) is 1.32. The van der Waals surface area contributed by atoms with Gasteiger partial charge in [-0.3, -0.25) is 0 Å². The topological polar surface area (TPSA) is 20.2 Å². The lowest BCUT2D eigenvalue weighted by atomic mass is 10.0. The fourth-order valence-corrected chi connectivity index (χ4v) is 1.37. The van der Waals surface area contributed by atoms with Crippen LogP contribution in [0, 0.1) is 18.6 Å². The van der Waals surface area contributed by atoms with Crippen LogP contribution in [-0.4, -0.2) is 11.3 Å². The molecular formula is C11H11F5O. The molecule has 96 valence electrons. The number of aliphatic hydroxyl groups excluding tert-OH is 1. The first kappa shape index (κ1) is 13.9. The number of benzene rings is 1. The largest absolute Gasteiger partial charge is 0.389 e. The summed E-state index contributed by atoms with van der Waals surface area (Å²) >= 11 is 0. The summed E-state index contributed by atoms with van der Waals surface area (Å²) in [5, 5.41) is 9.37. The highest BCUT2D eigenvalue weighted by Gasteiger charge is 2.29. The van der Waals surface area contributed by atoms with Crippen LogP contribution in [0.25, 0.3) is 0 Å². The van der Waals surface area contributed by atoms with E-state index in [4.69, 9.17) is 0 Å². The zero-order valence-corrected chi connectivity index (χ0v) is 8.98. The zero-order valence-electron chi connectivity index (χ0n) is 8.98. The van der Waals surface area contributed by atoms with Gasteiger partial charge in [-0.25, -0.2) is 8.78 Å². The van der Waals surface area contributed by atoms with Crippen LogP contribution in [0.15, 0.2) is 12.1 Å². The van der Waals surface area contributed by atoms with E-state index in [0.717, 1.165) is 12.1 Å². The number of hydrogen-bond acceptors (Lipinski definition) is 1. The second-order valence-electron chi connectivity index (χ2n) is 3.79. The molecule has 0 aliphatic rings. The Kier molecular flexibility index (Phi) is 4.08. The molecule has 0 aromatic heterocycles. The normalized spacial score (nSPS) is 13.8. The van der Waals surface area contributed by atoms with Gasteiger partial charge in [0.15, 0.2) is 0 Å². The Morgan fingerprint density at radius 3 is 2.29 bits per heavy atom. The summed E-state index contributed by atoms with van der Waals surface area (Å²) in [6, 6.07) is 1.58. The Balaban J connectivity index is 2.82. The molecule has 1 aromatic carbocycles. The van der Waals surface area contributed by atoms with Crippen molar-refractivity contribution < 1.29 is 27.1 Å². The Morgan fingerprint density at radius 2 is 1.76 bits per heavy atom. The maximum absolute atomic E-state index is 13.3. The minimum absolute atomic E-state index is 0.0364. The molecule has 1 unspecified atom stereocenters. The van der Waals surface area contributed by atoms with Gasteiger partial charge in [0, 0.05) is 12.0 Å². The average molecular weight is 254 g/mol. The molecule has 1 nitrogen and oxygen atoms in total. The van der Waals surface area contributed by atoms with Crippen LogP contribution in [0.1, 0.15) is 30.1 Å². The highest BCUT2D eigenvalue weighted by atomic mass is 19.4. The summed E-state index contributed by atoms with van der Waals surface area (Å²) < 4.78 is 62.1. The van der Waals surface area contributed by atoms with Crippen LogP contribution in [0.5, 0.6) is 0 Å². The molecule has 17 heavy (non-hydrogen) atoms. The summed E-state index contributed by atoms with van der Waals surface area (Å²) in [5.41, 5.74) is -0.411. The second-order valence-corrected chi connectivity index (χ2v) is 3.79. The fourth-order valence-electron chi connectivity index (χ4n) is 1.37. The van der Waals surface area contributed by atoms with Crippen LogP contribution in [0.3, 0.4) is 0 Å². The van der Waals surface area contributed by atoms with E-state index in [1.807, 2.05) is 0 Å². The Morgan fingerprint density at radius 1 is 1.18 bits per heavy atom. The number of alkyl halides is 3. The molecule has 0 amide bonds. The number of halogens is 5. The zero-order chi connectivity index (χ0) is 13.2. The first-order chi connectivity index (χ1) is 7.70. The molecule has 1 atom stereocenters. The Labute approximate surface area is 94.9 Å². The monoisotopic (exact) mass is 254 g/mol. The van der Waals surface area contributed by atoms with Crippen molar-refractivity contribution in [2.24, 2.45) is 0 Å². The van der Waals surface area contributed by atoms with Crippen LogP contribution >= 0.6 is 0 Å². The van der Waals surface area contributed by atoms with Gasteiger partial charge in [-0.05, 0) is 31.0 Å². The third-order valence-corrected chi connectivity index (χ3v) is 2.34. The van der Waals surface area contributed by atoms with Crippen LogP contribution in [0.2, 0.25) is 0 Å². The van der Waals surface area contributed by atoms with Gasteiger partial charge in [0.2, 0.25) is 0 Å². The van der Waals surface area contributed by atoms with Crippen LogP contribution in [-0.2, 0) is 0 Å². The molecule has 0 saturated carbocycles. The number of aryl methyl sites for hydroxylation is 1. The molecule has 0 aliphatic heterocycles. The van der Waals surface area contributed by atoms with E-state index in [-0.39, 0.29) is 5.56 Å². The predicted octanol–water partition coefficient (Wildman–Crippen LogP) is 3.65. The van der Waals surface area contributed by atoms with Crippen molar-refractivity contribution in [1.82, 2.24) is 0 Å². The highest BCUT2D eigenvalue weighted by Crippen LogP contribution is 2.29. The maximum Gasteiger partial charge on any atom is 0.389 e. The van der Waals surface area contributed by atoms with Gasteiger partial charge in [-0.2, -0.15) is 13.2 Å². The lowest BCUT2D eigenvalue weighted by Crippen LogP contribution is -2.11. The average Bonchev–Trinajstić information content (AvgIpc) is 2.19. The van der Waals surface area contributed by atoms with Gasteiger partial charge in [0.1, 0.15) is 11.6 Å². The van der Waals surface area contributed by atoms with E-state index < -0.39 is 42.3 Å². The Hall–Kier alpha value is -1.17. The summed E-state index contributed by atoms with van der Waals surface area (Å²) in [7, 11) is 0. The van der Waals surface area contributed by atoms with E-state index in [1.54, 1.807) is 0 Å². The maximum atomic E-state index is 13.3. The fraction of sp³-hybridized carbons (Fsp3) is 0.455. The third kappa shape index (κ3) is 3.96. The van der Waals surface area contributed by atoms with E-state index in [2.05, 4.69) is 0 Å². The molecular weight excluding hydrogens is 243 g/mol. The minimum Gasteiger partial charge on any atom is -0.388 e. The van der Waals surface area contributed by atoms with Crippen LogP contribution < -0.4 is 0 Å². The molecule has 0 aliphatic carbocycles. The quantitative estimate of drug-likeness (QED) is 0.816. The smallest absolute Gasteiger partial charge is 0.388 e. The first-order valence-electron chi connectivity index (χ1n) is 4.91. The molecule has 0 saturated heterocycles. The van der Waals surface area contributed by atoms with E-state index in [0.29, 0.717) is 0 Å². The van der Waals surface area contributed by atoms with Crippen molar-refractivity contribution in [3.8, 4) is 0 Å². The molecule has 1 N–H and O–H groups in total. The van der Waals surface area contributed by atoms with Gasteiger partial charge in [-0.1, -0.05) is 0 Å². The molecule has 0 heterocycles. The molecule has 0 radical (unpaired) electrons. The van der Waals surface area contributed by atoms with Gasteiger partial charge in [-0.15, -0.1) is 0 Å². The molecule has 0 fully saturated rings. The van der Waals surface area contributed by atoms with Gasteiger partial charge in [0.05, 0.1) is 6.10 Å². The molecule has 1 rings (SSSR count). The molecule has 6 heteroatoms. The summed E-state index contributed by atoms with van der Waals surface area (Å²) in [4.78, 5) is 0. The summed E-state index contributed by atoms with van der Waals surface area (Å²) in [5.74, 6) is -1.66. The highest BCUT2D eigenvalue weighted by molar-refractivity contribution is 5.26. The number of hydrogen-bond donors (Lipinski definition) is 1. The number of aliphatic hydroxyl groups is 1. The second kappa shape index (κ2) is 5.00. The third-order valence-electron chi connectivity index (χ3n) is 2.34. The van der Waals surface area contributed by atoms with Crippen LogP contribution in [0.4, 0.5) is 22.0 Å². The van der Waals surface area contributed by atoms with Crippen molar-refractivity contribution in [1.29, 1.82) is 0 Å². The van der Waals surface area contributed by atoms with E-state index >= 15 is 0 Å². The van der Waals surface area contributed by atoms with Gasteiger partial charge < -0.3 is 5.11 Å². The lowest BCUT2D eigenvalue weighted by molar-refractivity contribution is -0.140. The number of rotatable bonds is 3.